The number of carbonyl (C=O) groups is 1. The Balaban J connectivity index is 1.77. The van der Waals surface area contributed by atoms with Gasteiger partial charge >= 0.3 is 0 Å². The molecule has 28 heavy (non-hydrogen) atoms. The van der Waals surface area contributed by atoms with Crippen LogP contribution in [-0.2, 0) is 0 Å². The van der Waals surface area contributed by atoms with Crippen LogP contribution in [0.25, 0.3) is 0 Å². The Morgan fingerprint density at radius 3 is 2.18 bits per heavy atom. The van der Waals surface area contributed by atoms with Crippen LogP contribution in [0.1, 0.15) is 42.2 Å². The van der Waals surface area contributed by atoms with Crippen LogP contribution in [0.2, 0.25) is 0 Å². The lowest BCUT2D eigenvalue weighted by Crippen LogP contribution is -2.50. The van der Waals surface area contributed by atoms with Crippen LogP contribution < -0.4 is 10.2 Å². The number of para-hydroxylation sites is 2. The number of hydrogen-bond donors (Lipinski definition) is 1. The minimum Gasteiger partial charge on any atom is -0.378 e. The first-order chi connectivity index (χ1) is 13.7. The smallest absolute Gasteiger partial charge is 0.258 e. The summed E-state index contributed by atoms with van der Waals surface area (Å²) in [6.45, 7) is 4.41. The van der Waals surface area contributed by atoms with E-state index in [2.05, 4.69) is 49.5 Å². The Morgan fingerprint density at radius 1 is 0.893 bits per heavy atom. The average Bonchev–Trinajstić information content (AvgIpc) is 2.76. The molecule has 4 rings (SSSR count). The fraction of sp³-hybridized carbons (Fsp3) is 0.240. The summed E-state index contributed by atoms with van der Waals surface area (Å²) in [6, 6.07) is 28.5. The molecule has 0 fully saturated rings. The molecule has 0 unspecified atom stereocenters. The molecule has 3 atom stereocenters. The van der Waals surface area contributed by atoms with Gasteiger partial charge in [0.05, 0.1) is 6.04 Å². The van der Waals surface area contributed by atoms with E-state index in [0.717, 1.165) is 23.4 Å². The van der Waals surface area contributed by atoms with Gasteiger partial charge in [0, 0.05) is 28.9 Å². The second-order valence-corrected chi connectivity index (χ2v) is 7.42. The van der Waals surface area contributed by atoms with Gasteiger partial charge in [0.25, 0.3) is 5.91 Å². The molecule has 0 saturated heterocycles. The second kappa shape index (κ2) is 7.89. The summed E-state index contributed by atoms with van der Waals surface area (Å²) in [4.78, 5) is 15.5. The normalized spacial score (nSPS) is 21.1. The van der Waals surface area contributed by atoms with E-state index in [-0.39, 0.29) is 23.9 Å². The topological polar surface area (TPSA) is 32.3 Å². The first kappa shape index (κ1) is 18.3. The summed E-state index contributed by atoms with van der Waals surface area (Å²) in [5, 5.41) is 3.71. The number of rotatable bonds is 4. The van der Waals surface area contributed by atoms with E-state index in [9.17, 15) is 4.79 Å². The van der Waals surface area contributed by atoms with Crippen LogP contribution in [0.4, 0.5) is 11.4 Å². The molecule has 0 spiro atoms. The average molecular weight is 370 g/mol. The van der Waals surface area contributed by atoms with E-state index < -0.39 is 0 Å². The quantitative estimate of drug-likeness (QED) is 0.619. The van der Waals surface area contributed by atoms with Gasteiger partial charge in [-0.15, -0.1) is 0 Å². The van der Waals surface area contributed by atoms with Crippen molar-refractivity contribution in [1.29, 1.82) is 0 Å². The highest BCUT2D eigenvalue weighted by Crippen LogP contribution is 2.43. The van der Waals surface area contributed by atoms with Gasteiger partial charge in [0.1, 0.15) is 0 Å². The predicted molar refractivity (Wildman–Crippen MR) is 116 cm³/mol. The summed E-state index contributed by atoms with van der Waals surface area (Å²) < 4.78 is 0. The van der Waals surface area contributed by atoms with Gasteiger partial charge in [-0.3, -0.25) is 4.79 Å². The Bertz CT molecular complexity index is 939. The van der Waals surface area contributed by atoms with Crippen LogP contribution in [0.3, 0.4) is 0 Å². The van der Waals surface area contributed by atoms with Crippen LogP contribution in [0, 0.1) is 5.92 Å². The molecule has 1 aliphatic heterocycles. The summed E-state index contributed by atoms with van der Waals surface area (Å²) in [7, 11) is 0. The van der Waals surface area contributed by atoms with Crippen molar-refractivity contribution in [3.8, 4) is 0 Å². The van der Waals surface area contributed by atoms with E-state index in [1.807, 2.05) is 59.5 Å². The summed E-state index contributed by atoms with van der Waals surface area (Å²) in [5.41, 5.74) is 4.02. The Morgan fingerprint density at radius 2 is 1.50 bits per heavy atom. The van der Waals surface area contributed by atoms with Gasteiger partial charge in [-0.05, 0) is 42.3 Å². The summed E-state index contributed by atoms with van der Waals surface area (Å²) in [6.07, 6.45) is 0.904. The molecule has 3 nitrogen and oxygen atoms in total. The summed E-state index contributed by atoms with van der Waals surface area (Å²) in [5.74, 6) is 0.345. The van der Waals surface area contributed by atoms with E-state index in [0.29, 0.717) is 0 Å². The van der Waals surface area contributed by atoms with Gasteiger partial charge in [-0.25, -0.2) is 0 Å². The lowest BCUT2D eigenvalue weighted by atomic mass is 9.80. The Kier molecular flexibility index (Phi) is 5.16. The molecule has 1 amide bonds. The zero-order valence-electron chi connectivity index (χ0n) is 16.4. The van der Waals surface area contributed by atoms with Crippen molar-refractivity contribution in [3.63, 3.8) is 0 Å². The van der Waals surface area contributed by atoms with Crippen molar-refractivity contribution in [3.05, 3.63) is 96.1 Å². The number of anilines is 2. The van der Waals surface area contributed by atoms with Crippen molar-refractivity contribution in [2.24, 2.45) is 5.92 Å². The molecule has 0 bridgehead atoms. The third-order valence-corrected chi connectivity index (χ3v) is 5.75. The number of nitrogens with one attached hydrogen (secondary N) is 1. The second-order valence-electron chi connectivity index (χ2n) is 7.42. The van der Waals surface area contributed by atoms with E-state index >= 15 is 0 Å². The van der Waals surface area contributed by atoms with Crippen LogP contribution >= 0.6 is 0 Å². The summed E-state index contributed by atoms with van der Waals surface area (Å²) >= 11 is 0. The highest BCUT2D eigenvalue weighted by atomic mass is 16.2. The molecule has 1 aliphatic rings. The number of benzene rings is 3. The zero-order chi connectivity index (χ0) is 19.5. The van der Waals surface area contributed by atoms with Crippen molar-refractivity contribution in [1.82, 2.24) is 0 Å². The van der Waals surface area contributed by atoms with E-state index in [1.165, 1.54) is 5.56 Å². The van der Waals surface area contributed by atoms with Crippen molar-refractivity contribution < 1.29 is 4.79 Å². The molecule has 1 heterocycles. The number of amides is 1. The molecule has 3 aromatic carbocycles. The standard InChI is InChI=1S/C25H26N2O/c1-3-22-18(2)24(26-20-14-8-5-9-15-20)21-16-10-11-17-23(21)27(22)25(28)19-12-6-4-7-13-19/h4-18,22,24,26H,3H2,1-2H3/t18-,22-,24-/m0/s1. The number of nitrogens with zero attached hydrogens (tertiary/aromatic N) is 1. The monoisotopic (exact) mass is 370 g/mol. The molecular formula is C25H26N2O. The molecule has 0 aromatic heterocycles. The molecule has 1 N–H and O–H groups in total. The Hall–Kier alpha value is -3.07. The highest BCUT2D eigenvalue weighted by molar-refractivity contribution is 6.07. The molecule has 3 heteroatoms. The van der Waals surface area contributed by atoms with Gasteiger partial charge in [0.2, 0.25) is 0 Å². The third-order valence-electron chi connectivity index (χ3n) is 5.75. The first-order valence-electron chi connectivity index (χ1n) is 9.99. The van der Waals surface area contributed by atoms with Crippen LogP contribution in [0.5, 0.6) is 0 Å². The van der Waals surface area contributed by atoms with Gasteiger partial charge in [-0.1, -0.05) is 68.4 Å². The number of fused-ring (bicyclic) bond motifs is 1. The van der Waals surface area contributed by atoms with E-state index in [4.69, 9.17) is 0 Å². The molecule has 0 radical (unpaired) electrons. The molecule has 0 aliphatic carbocycles. The minimum atomic E-state index is 0.0740. The SMILES string of the molecule is CC[C@H]1[C@H](C)[C@H](Nc2ccccc2)c2ccccc2N1C(=O)c1ccccc1. The van der Waals surface area contributed by atoms with Gasteiger partial charge in [-0.2, -0.15) is 0 Å². The van der Waals surface area contributed by atoms with Crippen LogP contribution in [0.15, 0.2) is 84.9 Å². The maximum atomic E-state index is 13.4. The van der Waals surface area contributed by atoms with Gasteiger partial charge in [0.15, 0.2) is 0 Å². The highest BCUT2D eigenvalue weighted by Gasteiger charge is 2.40. The van der Waals surface area contributed by atoms with Crippen molar-refractivity contribution >= 4 is 17.3 Å². The molecule has 0 saturated carbocycles. The maximum Gasteiger partial charge on any atom is 0.258 e. The van der Waals surface area contributed by atoms with Crippen LogP contribution in [-0.4, -0.2) is 11.9 Å². The molecular weight excluding hydrogens is 344 g/mol. The number of carbonyl (C=O) groups excluding carboxylic acids is 1. The van der Waals surface area contributed by atoms with Crippen molar-refractivity contribution in [2.45, 2.75) is 32.4 Å². The third kappa shape index (κ3) is 3.29. The fourth-order valence-corrected chi connectivity index (χ4v) is 4.35. The van der Waals surface area contributed by atoms with Crippen molar-refractivity contribution in [2.75, 3.05) is 10.2 Å². The molecule has 142 valence electrons. The lowest BCUT2D eigenvalue weighted by molar-refractivity contribution is 0.0960. The first-order valence-corrected chi connectivity index (χ1v) is 9.99. The maximum absolute atomic E-state index is 13.4. The molecule has 3 aromatic rings. The fourth-order valence-electron chi connectivity index (χ4n) is 4.35. The van der Waals surface area contributed by atoms with E-state index in [1.54, 1.807) is 0 Å². The largest absolute Gasteiger partial charge is 0.378 e. The zero-order valence-corrected chi connectivity index (χ0v) is 16.4. The minimum absolute atomic E-state index is 0.0740. The van der Waals surface area contributed by atoms with Gasteiger partial charge < -0.3 is 10.2 Å². The Labute approximate surface area is 167 Å². The predicted octanol–water partition coefficient (Wildman–Crippen LogP) is 5.91. The number of hydrogen-bond acceptors (Lipinski definition) is 2. The lowest BCUT2D eigenvalue weighted by Gasteiger charge is -2.45.